The van der Waals surface area contributed by atoms with Crippen LogP contribution in [0.15, 0.2) is 30.4 Å². The molecule has 0 saturated heterocycles. The topological polar surface area (TPSA) is 0 Å². The molecule has 0 radical (unpaired) electrons. The van der Waals surface area contributed by atoms with E-state index in [0.29, 0.717) is 0 Å². The normalized spacial score (nSPS) is 14.3. The Bertz CT molecular complexity index is 487. The maximum atomic E-state index is 5.22. The van der Waals surface area contributed by atoms with Crippen LogP contribution in [0.2, 0.25) is 0 Å². The molecular weight excluding hydrogens is 276 g/mol. The van der Waals surface area contributed by atoms with Crippen LogP contribution in [-0.2, 0) is 0 Å². The average Bonchev–Trinajstić information content (AvgIpc) is 2.51. The number of allylic oxidation sites excluding steroid dienone is 1. The molecule has 0 aliphatic heterocycles. The Morgan fingerprint density at radius 1 is 1.13 bits per heavy atom. The van der Waals surface area contributed by atoms with E-state index in [2.05, 4.69) is 54.0 Å². The number of hydrogen-bond donors (Lipinski definition) is 0. The first-order valence-electron chi connectivity index (χ1n) is 9.00. The van der Waals surface area contributed by atoms with E-state index in [4.69, 9.17) is 6.42 Å². The molecule has 0 aromatic heterocycles. The number of terminal acetylenes is 1. The van der Waals surface area contributed by atoms with Gasteiger partial charge in [0.05, 0.1) is 0 Å². The lowest BCUT2D eigenvalue weighted by Crippen LogP contribution is -2.05. The number of benzene rings is 1. The Labute approximate surface area is 145 Å². The third-order valence-electron chi connectivity index (χ3n) is 4.06. The fourth-order valence-electron chi connectivity index (χ4n) is 2.33. The van der Waals surface area contributed by atoms with E-state index in [1.165, 1.54) is 48.8 Å². The SMILES string of the molecule is C#Cc1ccc(C)c(C)c1.C=C1CCC(CC)CC1.CC(C)C. The summed E-state index contributed by atoms with van der Waals surface area (Å²) in [4.78, 5) is 0. The molecule has 0 bridgehead atoms. The summed E-state index contributed by atoms with van der Waals surface area (Å²) in [5.41, 5.74) is 4.98. The summed E-state index contributed by atoms with van der Waals surface area (Å²) in [6.45, 7) is 16.9. The molecule has 0 heterocycles. The van der Waals surface area contributed by atoms with E-state index < -0.39 is 0 Å². The predicted molar refractivity (Wildman–Crippen MR) is 106 cm³/mol. The van der Waals surface area contributed by atoms with E-state index in [9.17, 15) is 0 Å². The molecule has 1 fully saturated rings. The molecule has 0 unspecified atom stereocenters. The van der Waals surface area contributed by atoms with Crippen molar-refractivity contribution >= 4 is 0 Å². The van der Waals surface area contributed by atoms with Crippen molar-refractivity contribution in [1.29, 1.82) is 0 Å². The second-order valence-corrected chi connectivity index (χ2v) is 7.28. The molecule has 0 N–H and O–H groups in total. The van der Waals surface area contributed by atoms with Crippen molar-refractivity contribution < 1.29 is 0 Å². The van der Waals surface area contributed by atoms with Crippen LogP contribution < -0.4 is 0 Å². The molecule has 0 heteroatoms. The van der Waals surface area contributed by atoms with Gasteiger partial charge in [0.15, 0.2) is 0 Å². The Hall–Kier alpha value is -1.48. The number of rotatable bonds is 1. The highest BCUT2D eigenvalue weighted by atomic mass is 14.2. The number of hydrogen-bond acceptors (Lipinski definition) is 0. The third kappa shape index (κ3) is 10.8. The molecule has 1 aliphatic rings. The zero-order chi connectivity index (χ0) is 17.8. The maximum absolute atomic E-state index is 5.22. The fraction of sp³-hybridized carbons (Fsp3) is 0.565. The van der Waals surface area contributed by atoms with Crippen LogP contribution in [-0.4, -0.2) is 0 Å². The maximum Gasteiger partial charge on any atom is 0.0245 e. The van der Waals surface area contributed by atoms with Crippen LogP contribution >= 0.6 is 0 Å². The molecule has 0 nitrogen and oxygen atoms in total. The molecule has 23 heavy (non-hydrogen) atoms. The molecule has 1 aliphatic carbocycles. The van der Waals surface area contributed by atoms with Gasteiger partial charge in [0.1, 0.15) is 0 Å². The van der Waals surface area contributed by atoms with Gasteiger partial charge in [0.25, 0.3) is 0 Å². The second-order valence-electron chi connectivity index (χ2n) is 7.28. The Morgan fingerprint density at radius 2 is 1.65 bits per heavy atom. The van der Waals surface area contributed by atoms with E-state index >= 15 is 0 Å². The van der Waals surface area contributed by atoms with E-state index in [1.54, 1.807) is 0 Å². The van der Waals surface area contributed by atoms with Crippen LogP contribution in [0.3, 0.4) is 0 Å². The Morgan fingerprint density at radius 3 is 2.04 bits per heavy atom. The quantitative estimate of drug-likeness (QED) is 0.383. The molecule has 2 rings (SSSR count). The van der Waals surface area contributed by atoms with Crippen molar-refractivity contribution in [2.75, 3.05) is 0 Å². The fourth-order valence-corrected chi connectivity index (χ4v) is 2.33. The van der Waals surface area contributed by atoms with Gasteiger partial charge in [-0.1, -0.05) is 58.3 Å². The van der Waals surface area contributed by atoms with E-state index in [1.807, 2.05) is 18.2 Å². The van der Waals surface area contributed by atoms with Gasteiger partial charge in [-0.2, -0.15) is 0 Å². The highest BCUT2D eigenvalue weighted by molar-refractivity contribution is 5.38. The second kappa shape index (κ2) is 12.0. The van der Waals surface area contributed by atoms with Crippen LogP contribution in [0.5, 0.6) is 0 Å². The molecule has 0 amide bonds. The summed E-state index contributed by atoms with van der Waals surface area (Å²) >= 11 is 0. The van der Waals surface area contributed by atoms with Gasteiger partial charge in [-0.15, -0.1) is 6.42 Å². The smallest absolute Gasteiger partial charge is 0.0245 e. The van der Waals surface area contributed by atoms with Crippen molar-refractivity contribution in [3.8, 4) is 12.3 Å². The minimum atomic E-state index is 0.833. The first-order valence-corrected chi connectivity index (χ1v) is 9.00. The van der Waals surface area contributed by atoms with Gasteiger partial charge >= 0.3 is 0 Å². The van der Waals surface area contributed by atoms with Crippen molar-refractivity contribution in [2.45, 2.75) is 73.6 Å². The number of aryl methyl sites for hydroxylation is 2. The van der Waals surface area contributed by atoms with E-state index in [-0.39, 0.29) is 0 Å². The first kappa shape index (κ1) is 21.5. The van der Waals surface area contributed by atoms with Crippen molar-refractivity contribution in [3.63, 3.8) is 0 Å². The van der Waals surface area contributed by atoms with Crippen LogP contribution in [0.25, 0.3) is 0 Å². The standard InChI is InChI=1S/C10H10.C9H16.C4H10/c1-4-10-6-5-8(2)9(3)7-10;1-3-9-6-4-8(2)5-7-9;1-4(2)3/h1,5-7H,2-3H3;9H,2-7H2,1H3;4H,1-3H3. The zero-order valence-electron chi connectivity index (χ0n) is 16.2. The first-order chi connectivity index (χ1) is 10.8. The molecule has 1 aromatic rings. The minimum Gasteiger partial charge on any atom is -0.115 e. The van der Waals surface area contributed by atoms with Gasteiger partial charge in [-0.05, 0) is 74.6 Å². The molecule has 1 saturated carbocycles. The van der Waals surface area contributed by atoms with Gasteiger partial charge < -0.3 is 0 Å². The molecule has 128 valence electrons. The largest absolute Gasteiger partial charge is 0.115 e. The molecular formula is C23H36. The summed E-state index contributed by atoms with van der Waals surface area (Å²) in [5.74, 6) is 4.44. The minimum absolute atomic E-state index is 0.833. The van der Waals surface area contributed by atoms with Crippen molar-refractivity contribution in [1.82, 2.24) is 0 Å². The van der Waals surface area contributed by atoms with Crippen LogP contribution in [0.1, 0.15) is 76.5 Å². The lowest BCUT2D eigenvalue weighted by atomic mass is 9.85. The average molecular weight is 313 g/mol. The monoisotopic (exact) mass is 312 g/mol. The Balaban J connectivity index is 0.000000345. The molecule has 1 aromatic carbocycles. The summed E-state index contributed by atoms with van der Waals surface area (Å²) in [6, 6.07) is 6.03. The van der Waals surface area contributed by atoms with E-state index in [0.717, 1.165) is 17.4 Å². The lowest BCUT2D eigenvalue weighted by molar-refractivity contribution is 0.398. The van der Waals surface area contributed by atoms with Gasteiger partial charge in [-0.3, -0.25) is 0 Å². The highest BCUT2D eigenvalue weighted by Gasteiger charge is 2.12. The Kier molecular flexibility index (Phi) is 11.2. The van der Waals surface area contributed by atoms with Crippen LogP contribution in [0.4, 0.5) is 0 Å². The van der Waals surface area contributed by atoms with Gasteiger partial charge in [-0.25, -0.2) is 0 Å². The summed E-state index contributed by atoms with van der Waals surface area (Å²) in [5, 5.41) is 0. The van der Waals surface area contributed by atoms with Gasteiger partial charge in [0.2, 0.25) is 0 Å². The van der Waals surface area contributed by atoms with Crippen molar-refractivity contribution in [2.24, 2.45) is 11.8 Å². The highest BCUT2D eigenvalue weighted by Crippen LogP contribution is 2.28. The third-order valence-corrected chi connectivity index (χ3v) is 4.06. The van der Waals surface area contributed by atoms with Crippen molar-refractivity contribution in [3.05, 3.63) is 47.0 Å². The zero-order valence-corrected chi connectivity index (χ0v) is 16.2. The predicted octanol–water partition coefficient (Wildman–Crippen LogP) is 7.09. The summed E-state index contributed by atoms with van der Waals surface area (Å²) in [6.07, 6.45) is 12.0. The summed E-state index contributed by atoms with van der Waals surface area (Å²) in [7, 11) is 0. The molecule has 0 atom stereocenters. The lowest BCUT2D eigenvalue weighted by Gasteiger charge is -2.21. The summed E-state index contributed by atoms with van der Waals surface area (Å²) < 4.78 is 0. The van der Waals surface area contributed by atoms with Crippen LogP contribution in [0, 0.1) is 38.0 Å². The molecule has 0 spiro atoms. The van der Waals surface area contributed by atoms with Gasteiger partial charge in [0, 0.05) is 5.56 Å².